The molecule has 0 bridgehead atoms. The average molecular weight is 207 g/mol. The Balaban J connectivity index is 1.93. The molecule has 1 aliphatic carbocycles. The summed E-state index contributed by atoms with van der Waals surface area (Å²) in [6.07, 6.45) is 10.8. The molecule has 0 aromatic carbocycles. The van der Waals surface area contributed by atoms with Crippen LogP contribution in [-0.4, -0.2) is 24.6 Å². The van der Waals surface area contributed by atoms with Gasteiger partial charge in [0.25, 0.3) is 0 Å². The standard InChI is InChI=1S/C13H21NO/c1-2-15-13-8-6-12(7-9-13)14-10-4-3-5-11-14/h6,8H,2-5,7,9-11H2,1H3. The van der Waals surface area contributed by atoms with Crippen molar-refractivity contribution in [2.75, 3.05) is 19.7 Å². The van der Waals surface area contributed by atoms with Gasteiger partial charge in [-0.25, -0.2) is 0 Å². The highest BCUT2D eigenvalue weighted by Crippen LogP contribution is 2.24. The molecule has 1 saturated heterocycles. The first-order chi connectivity index (χ1) is 7.40. The average Bonchev–Trinajstić information content (AvgIpc) is 2.32. The molecular formula is C13H21NO. The van der Waals surface area contributed by atoms with E-state index in [1.165, 1.54) is 38.0 Å². The Morgan fingerprint density at radius 3 is 2.53 bits per heavy atom. The van der Waals surface area contributed by atoms with Gasteiger partial charge in [-0.05, 0) is 44.8 Å². The molecule has 0 spiro atoms. The van der Waals surface area contributed by atoms with E-state index in [4.69, 9.17) is 4.74 Å². The molecule has 1 heterocycles. The fraction of sp³-hybridized carbons (Fsp3) is 0.692. The molecule has 2 rings (SSSR count). The number of piperidine rings is 1. The molecule has 0 atom stereocenters. The van der Waals surface area contributed by atoms with Crippen molar-refractivity contribution < 1.29 is 4.74 Å². The smallest absolute Gasteiger partial charge is 0.0964 e. The van der Waals surface area contributed by atoms with E-state index in [9.17, 15) is 0 Å². The lowest BCUT2D eigenvalue weighted by Crippen LogP contribution is -2.29. The van der Waals surface area contributed by atoms with Crippen LogP contribution in [-0.2, 0) is 4.74 Å². The SMILES string of the molecule is CCOC1=CC=C(N2CCCCC2)CC1. The predicted octanol–water partition coefficient (Wildman–Crippen LogP) is 3.07. The third kappa shape index (κ3) is 2.77. The van der Waals surface area contributed by atoms with Crippen molar-refractivity contribution >= 4 is 0 Å². The maximum atomic E-state index is 5.52. The van der Waals surface area contributed by atoms with Gasteiger partial charge in [-0.1, -0.05) is 0 Å². The minimum Gasteiger partial charge on any atom is -0.498 e. The largest absolute Gasteiger partial charge is 0.498 e. The predicted molar refractivity (Wildman–Crippen MR) is 62.5 cm³/mol. The number of rotatable bonds is 3. The number of ether oxygens (including phenoxy) is 1. The fourth-order valence-corrected chi connectivity index (χ4v) is 2.36. The molecule has 0 aromatic rings. The molecule has 1 aliphatic heterocycles. The summed E-state index contributed by atoms with van der Waals surface area (Å²) in [4.78, 5) is 2.54. The van der Waals surface area contributed by atoms with E-state index in [2.05, 4.69) is 17.1 Å². The van der Waals surface area contributed by atoms with Crippen LogP contribution in [0.25, 0.3) is 0 Å². The first-order valence-corrected chi connectivity index (χ1v) is 6.17. The van der Waals surface area contributed by atoms with E-state index in [1.54, 1.807) is 0 Å². The zero-order valence-electron chi connectivity index (χ0n) is 9.67. The Morgan fingerprint density at radius 1 is 1.13 bits per heavy atom. The Hall–Kier alpha value is -0.920. The van der Waals surface area contributed by atoms with Gasteiger partial charge in [0.15, 0.2) is 0 Å². The quantitative estimate of drug-likeness (QED) is 0.705. The van der Waals surface area contributed by atoms with Crippen LogP contribution in [0.3, 0.4) is 0 Å². The van der Waals surface area contributed by atoms with Gasteiger partial charge < -0.3 is 9.64 Å². The fourth-order valence-electron chi connectivity index (χ4n) is 2.36. The van der Waals surface area contributed by atoms with Gasteiger partial charge in [0, 0.05) is 25.2 Å². The van der Waals surface area contributed by atoms with Crippen molar-refractivity contribution in [3.8, 4) is 0 Å². The second kappa shape index (κ2) is 5.24. The Kier molecular flexibility index (Phi) is 3.70. The number of nitrogens with zero attached hydrogens (tertiary/aromatic N) is 1. The summed E-state index contributed by atoms with van der Waals surface area (Å²) in [6.45, 7) is 5.34. The van der Waals surface area contributed by atoms with Crippen molar-refractivity contribution in [1.82, 2.24) is 4.90 Å². The minimum absolute atomic E-state index is 0.790. The topological polar surface area (TPSA) is 12.5 Å². The van der Waals surface area contributed by atoms with Crippen molar-refractivity contribution in [2.45, 2.75) is 39.0 Å². The van der Waals surface area contributed by atoms with E-state index in [0.717, 1.165) is 25.2 Å². The van der Waals surface area contributed by atoms with Gasteiger partial charge >= 0.3 is 0 Å². The summed E-state index contributed by atoms with van der Waals surface area (Å²) in [6, 6.07) is 0. The molecule has 0 radical (unpaired) electrons. The number of hydrogen-bond donors (Lipinski definition) is 0. The molecular weight excluding hydrogens is 186 g/mol. The lowest BCUT2D eigenvalue weighted by atomic mass is 10.0. The summed E-state index contributed by atoms with van der Waals surface area (Å²) in [5.74, 6) is 1.15. The summed E-state index contributed by atoms with van der Waals surface area (Å²) >= 11 is 0. The monoisotopic (exact) mass is 207 g/mol. The van der Waals surface area contributed by atoms with Crippen LogP contribution in [0, 0.1) is 0 Å². The first kappa shape index (κ1) is 10.6. The molecule has 15 heavy (non-hydrogen) atoms. The van der Waals surface area contributed by atoms with Crippen molar-refractivity contribution in [1.29, 1.82) is 0 Å². The van der Waals surface area contributed by atoms with Gasteiger partial charge in [-0.2, -0.15) is 0 Å². The number of hydrogen-bond acceptors (Lipinski definition) is 2. The zero-order chi connectivity index (χ0) is 10.5. The first-order valence-electron chi connectivity index (χ1n) is 6.17. The van der Waals surface area contributed by atoms with Crippen LogP contribution >= 0.6 is 0 Å². The minimum atomic E-state index is 0.790. The molecule has 2 nitrogen and oxygen atoms in total. The number of likely N-dealkylation sites (tertiary alicyclic amines) is 1. The molecule has 2 heteroatoms. The van der Waals surface area contributed by atoms with Crippen LogP contribution < -0.4 is 0 Å². The zero-order valence-corrected chi connectivity index (χ0v) is 9.67. The van der Waals surface area contributed by atoms with Crippen LogP contribution in [0.5, 0.6) is 0 Å². The molecule has 0 aromatic heterocycles. The Labute approximate surface area is 92.6 Å². The summed E-state index contributed by atoms with van der Waals surface area (Å²) in [7, 11) is 0. The molecule has 2 aliphatic rings. The van der Waals surface area contributed by atoms with Crippen LogP contribution in [0.4, 0.5) is 0 Å². The van der Waals surface area contributed by atoms with Gasteiger partial charge in [0.1, 0.15) is 0 Å². The third-order valence-corrected chi connectivity index (χ3v) is 3.18. The Bertz CT molecular complexity index is 262. The van der Waals surface area contributed by atoms with E-state index in [1.807, 2.05) is 6.92 Å². The second-order valence-electron chi connectivity index (χ2n) is 4.27. The summed E-state index contributed by atoms with van der Waals surface area (Å²) in [5.41, 5.74) is 1.51. The highest BCUT2D eigenvalue weighted by atomic mass is 16.5. The van der Waals surface area contributed by atoms with Crippen molar-refractivity contribution in [3.05, 3.63) is 23.6 Å². The van der Waals surface area contributed by atoms with Gasteiger partial charge in [-0.15, -0.1) is 0 Å². The maximum Gasteiger partial charge on any atom is 0.0964 e. The lowest BCUT2D eigenvalue weighted by molar-refractivity contribution is 0.210. The normalized spacial score (nSPS) is 22.1. The summed E-state index contributed by atoms with van der Waals surface area (Å²) < 4.78 is 5.52. The lowest BCUT2D eigenvalue weighted by Gasteiger charge is -2.32. The van der Waals surface area contributed by atoms with Gasteiger partial charge in [0.05, 0.1) is 12.4 Å². The van der Waals surface area contributed by atoms with Crippen LogP contribution in [0.15, 0.2) is 23.6 Å². The molecule has 0 saturated carbocycles. The second-order valence-corrected chi connectivity index (χ2v) is 4.27. The highest BCUT2D eigenvalue weighted by molar-refractivity contribution is 5.20. The van der Waals surface area contributed by atoms with E-state index < -0.39 is 0 Å². The number of allylic oxidation sites excluding steroid dienone is 4. The van der Waals surface area contributed by atoms with Crippen LogP contribution in [0.1, 0.15) is 39.0 Å². The third-order valence-electron chi connectivity index (χ3n) is 3.18. The molecule has 0 amide bonds. The molecule has 0 N–H and O–H groups in total. The molecule has 1 fully saturated rings. The van der Waals surface area contributed by atoms with Crippen molar-refractivity contribution in [2.24, 2.45) is 0 Å². The van der Waals surface area contributed by atoms with Gasteiger partial charge in [0.2, 0.25) is 0 Å². The summed E-state index contributed by atoms with van der Waals surface area (Å²) in [5, 5.41) is 0. The van der Waals surface area contributed by atoms with Crippen LogP contribution in [0.2, 0.25) is 0 Å². The molecule has 84 valence electrons. The van der Waals surface area contributed by atoms with E-state index in [0.29, 0.717) is 0 Å². The molecule has 0 unspecified atom stereocenters. The highest BCUT2D eigenvalue weighted by Gasteiger charge is 2.15. The van der Waals surface area contributed by atoms with Gasteiger partial charge in [-0.3, -0.25) is 0 Å². The van der Waals surface area contributed by atoms with E-state index >= 15 is 0 Å². The Morgan fingerprint density at radius 2 is 1.93 bits per heavy atom. The maximum absolute atomic E-state index is 5.52. The van der Waals surface area contributed by atoms with Crippen molar-refractivity contribution in [3.63, 3.8) is 0 Å². The van der Waals surface area contributed by atoms with E-state index in [-0.39, 0.29) is 0 Å².